The molecule has 4 nitrogen and oxygen atoms in total. The molecular weight excluding hydrogens is 204 g/mol. The summed E-state index contributed by atoms with van der Waals surface area (Å²) in [4.78, 5) is 13.8. The zero-order valence-electron chi connectivity index (χ0n) is 8.78. The molecule has 0 spiro atoms. The van der Waals surface area contributed by atoms with Crippen molar-refractivity contribution in [1.29, 1.82) is 5.26 Å². The molecule has 0 atom stereocenters. The maximum Gasteiger partial charge on any atom is 0.303 e. The topological polar surface area (TPSA) is 65.9 Å². The van der Waals surface area contributed by atoms with E-state index < -0.39 is 0 Å². The predicted octanol–water partition coefficient (Wildman–Crippen LogP) is 2.10. The summed E-state index contributed by atoms with van der Waals surface area (Å²) >= 11 is 0. The molecule has 0 aliphatic rings. The summed E-state index contributed by atoms with van der Waals surface area (Å²) in [6.07, 6.45) is 0. The molecule has 0 saturated carbocycles. The Bertz CT molecular complexity index is 578. The second kappa shape index (κ2) is 4.07. The number of aromatic nitrogens is 1. The first kappa shape index (κ1) is 10.2. The number of ether oxygens (including phenoxy) is 1. The fourth-order valence-corrected chi connectivity index (χ4v) is 1.61. The van der Waals surface area contributed by atoms with Gasteiger partial charge < -0.3 is 9.72 Å². The molecule has 0 fully saturated rings. The first-order chi connectivity index (χ1) is 7.72. The molecule has 80 valence electrons. The largest absolute Gasteiger partial charge is 0.459 e. The Kier molecular flexibility index (Phi) is 2.61. The first-order valence-electron chi connectivity index (χ1n) is 4.85. The number of hydrogen-bond donors (Lipinski definition) is 1. The van der Waals surface area contributed by atoms with E-state index in [9.17, 15) is 4.79 Å². The van der Waals surface area contributed by atoms with Crippen LogP contribution >= 0.6 is 0 Å². The van der Waals surface area contributed by atoms with E-state index in [0.29, 0.717) is 11.3 Å². The number of carbonyl (C=O) groups is 1. The van der Waals surface area contributed by atoms with Gasteiger partial charge in [-0.3, -0.25) is 4.79 Å². The lowest BCUT2D eigenvalue weighted by atomic mass is 10.1. The number of esters is 1. The Morgan fingerprint density at radius 3 is 2.94 bits per heavy atom. The number of carbonyl (C=O) groups excluding carboxylic acids is 1. The minimum atomic E-state index is -0.359. The highest BCUT2D eigenvalue weighted by Gasteiger charge is 2.11. The van der Waals surface area contributed by atoms with Gasteiger partial charge in [-0.2, -0.15) is 5.26 Å². The first-order valence-corrected chi connectivity index (χ1v) is 4.85. The summed E-state index contributed by atoms with van der Waals surface area (Å²) < 4.78 is 4.88. The molecule has 0 bridgehead atoms. The van der Waals surface area contributed by atoms with E-state index in [4.69, 9.17) is 10.00 Å². The Labute approximate surface area is 92.4 Å². The van der Waals surface area contributed by atoms with Crippen LogP contribution in [0.3, 0.4) is 0 Å². The molecule has 1 aromatic heterocycles. The third kappa shape index (κ3) is 1.75. The third-order valence-electron chi connectivity index (χ3n) is 2.32. The minimum Gasteiger partial charge on any atom is -0.459 e. The van der Waals surface area contributed by atoms with Crippen LogP contribution in [-0.2, 0) is 16.1 Å². The molecule has 0 aliphatic heterocycles. The van der Waals surface area contributed by atoms with Crippen LogP contribution in [0.1, 0.15) is 18.2 Å². The van der Waals surface area contributed by atoms with Gasteiger partial charge in [-0.05, 0) is 6.07 Å². The number of aromatic amines is 1. The van der Waals surface area contributed by atoms with Crippen LogP contribution in [0.4, 0.5) is 0 Å². The number of para-hydroxylation sites is 1. The Morgan fingerprint density at radius 1 is 1.50 bits per heavy atom. The zero-order valence-corrected chi connectivity index (χ0v) is 8.78. The van der Waals surface area contributed by atoms with E-state index in [1.165, 1.54) is 6.92 Å². The van der Waals surface area contributed by atoms with E-state index in [1.54, 1.807) is 0 Å². The van der Waals surface area contributed by atoms with E-state index >= 15 is 0 Å². The van der Waals surface area contributed by atoms with Crippen molar-refractivity contribution in [3.8, 4) is 6.07 Å². The van der Waals surface area contributed by atoms with Gasteiger partial charge >= 0.3 is 5.97 Å². The van der Waals surface area contributed by atoms with Gasteiger partial charge in [0.1, 0.15) is 12.7 Å². The van der Waals surface area contributed by atoms with Crippen LogP contribution in [0.15, 0.2) is 24.3 Å². The SMILES string of the molecule is CC(=O)OCc1[nH]c2ccccc2c1C#N. The highest BCUT2D eigenvalue weighted by Crippen LogP contribution is 2.21. The summed E-state index contributed by atoms with van der Waals surface area (Å²) in [6.45, 7) is 1.45. The van der Waals surface area contributed by atoms with Gasteiger partial charge in [-0.1, -0.05) is 18.2 Å². The number of nitrogens with one attached hydrogen (secondary N) is 1. The average Bonchev–Trinajstić information content (AvgIpc) is 2.63. The van der Waals surface area contributed by atoms with Crippen molar-refractivity contribution in [2.24, 2.45) is 0 Å². The highest BCUT2D eigenvalue weighted by atomic mass is 16.5. The Morgan fingerprint density at radius 2 is 2.25 bits per heavy atom. The van der Waals surface area contributed by atoms with Gasteiger partial charge in [-0.15, -0.1) is 0 Å². The van der Waals surface area contributed by atoms with Gasteiger partial charge in [0.05, 0.1) is 11.3 Å². The molecule has 0 aliphatic carbocycles. The van der Waals surface area contributed by atoms with E-state index in [1.807, 2.05) is 24.3 Å². The summed E-state index contributed by atoms with van der Waals surface area (Å²) in [5.41, 5.74) is 2.05. The van der Waals surface area contributed by atoms with Crippen LogP contribution in [0.25, 0.3) is 10.9 Å². The van der Waals surface area contributed by atoms with Crippen molar-refractivity contribution in [2.75, 3.05) is 0 Å². The van der Waals surface area contributed by atoms with Crippen molar-refractivity contribution < 1.29 is 9.53 Å². The zero-order chi connectivity index (χ0) is 11.5. The molecule has 2 aromatic rings. The second-order valence-corrected chi connectivity index (χ2v) is 3.42. The molecule has 1 heterocycles. The van der Waals surface area contributed by atoms with Crippen LogP contribution < -0.4 is 0 Å². The Hall–Kier alpha value is -2.28. The van der Waals surface area contributed by atoms with Crippen molar-refractivity contribution in [1.82, 2.24) is 4.98 Å². The molecule has 1 aromatic carbocycles. The van der Waals surface area contributed by atoms with Crippen molar-refractivity contribution in [2.45, 2.75) is 13.5 Å². The summed E-state index contributed by atoms with van der Waals surface area (Å²) in [5.74, 6) is -0.359. The molecular formula is C12H10N2O2. The molecule has 0 radical (unpaired) electrons. The average molecular weight is 214 g/mol. The number of nitriles is 1. The summed E-state index contributed by atoms with van der Waals surface area (Å²) in [5, 5.41) is 9.91. The number of nitrogens with zero attached hydrogens (tertiary/aromatic N) is 1. The number of benzene rings is 1. The quantitative estimate of drug-likeness (QED) is 0.778. The van der Waals surface area contributed by atoms with Crippen molar-refractivity contribution in [3.05, 3.63) is 35.5 Å². The molecule has 2 rings (SSSR count). The molecule has 16 heavy (non-hydrogen) atoms. The fourth-order valence-electron chi connectivity index (χ4n) is 1.61. The van der Waals surface area contributed by atoms with Gasteiger partial charge in [0, 0.05) is 17.8 Å². The minimum absolute atomic E-state index is 0.104. The predicted molar refractivity (Wildman–Crippen MR) is 58.5 cm³/mol. The maximum absolute atomic E-state index is 10.7. The number of hydrogen-bond acceptors (Lipinski definition) is 3. The summed E-state index contributed by atoms with van der Waals surface area (Å²) in [6, 6.07) is 9.62. The molecule has 1 N–H and O–H groups in total. The monoisotopic (exact) mass is 214 g/mol. The van der Waals surface area contributed by atoms with Crippen LogP contribution in [0.5, 0.6) is 0 Å². The number of H-pyrrole nitrogens is 1. The summed E-state index contributed by atoms with van der Waals surface area (Å²) in [7, 11) is 0. The van der Waals surface area contributed by atoms with E-state index in [-0.39, 0.29) is 12.6 Å². The number of rotatable bonds is 2. The lowest BCUT2D eigenvalue weighted by Gasteiger charge is -1.99. The lowest BCUT2D eigenvalue weighted by molar-refractivity contribution is -0.142. The smallest absolute Gasteiger partial charge is 0.303 e. The third-order valence-corrected chi connectivity index (χ3v) is 2.32. The maximum atomic E-state index is 10.7. The number of fused-ring (bicyclic) bond motifs is 1. The molecule has 4 heteroatoms. The second-order valence-electron chi connectivity index (χ2n) is 3.42. The van der Waals surface area contributed by atoms with Crippen LogP contribution in [0.2, 0.25) is 0 Å². The van der Waals surface area contributed by atoms with E-state index in [2.05, 4.69) is 11.1 Å². The molecule has 0 unspecified atom stereocenters. The van der Waals surface area contributed by atoms with Gasteiger partial charge in [0.2, 0.25) is 0 Å². The van der Waals surface area contributed by atoms with Gasteiger partial charge in [0.25, 0.3) is 0 Å². The standard InChI is InChI=1S/C12H10N2O2/c1-8(15)16-7-12-10(6-13)9-4-2-3-5-11(9)14-12/h2-5,14H,7H2,1H3. The van der Waals surface area contributed by atoms with Crippen molar-refractivity contribution in [3.63, 3.8) is 0 Å². The lowest BCUT2D eigenvalue weighted by Crippen LogP contribution is -2.00. The van der Waals surface area contributed by atoms with Crippen LogP contribution in [0, 0.1) is 11.3 Å². The van der Waals surface area contributed by atoms with E-state index in [0.717, 1.165) is 10.9 Å². The van der Waals surface area contributed by atoms with Gasteiger partial charge in [-0.25, -0.2) is 0 Å². The molecule has 0 saturated heterocycles. The van der Waals surface area contributed by atoms with Crippen molar-refractivity contribution >= 4 is 16.9 Å². The molecule has 0 amide bonds. The van der Waals surface area contributed by atoms with Gasteiger partial charge in [0.15, 0.2) is 0 Å². The normalized spacial score (nSPS) is 10.0. The Balaban J connectivity index is 2.45. The fraction of sp³-hybridized carbons (Fsp3) is 0.167. The van der Waals surface area contributed by atoms with Crippen LogP contribution in [-0.4, -0.2) is 11.0 Å². The highest BCUT2D eigenvalue weighted by molar-refractivity contribution is 5.87.